The smallest absolute Gasteiger partial charge is 0.141 e. The van der Waals surface area contributed by atoms with Gasteiger partial charge in [0, 0.05) is 12.8 Å². The highest BCUT2D eigenvalue weighted by Gasteiger charge is 2.09. The predicted molar refractivity (Wildman–Crippen MR) is 90.7 cm³/mol. The molecule has 0 atom stereocenters. The number of rotatable bonds is 5. The highest BCUT2D eigenvalue weighted by molar-refractivity contribution is 5.85. The van der Waals surface area contributed by atoms with Gasteiger partial charge in [-0.3, -0.25) is 4.79 Å². The van der Waals surface area contributed by atoms with Crippen LogP contribution in [0.1, 0.15) is 11.1 Å². The van der Waals surface area contributed by atoms with Gasteiger partial charge in [-0.15, -0.1) is 0 Å². The van der Waals surface area contributed by atoms with Crippen molar-refractivity contribution in [2.75, 3.05) is 0 Å². The van der Waals surface area contributed by atoms with Gasteiger partial charge in [0.15, 0.2) is 0 Å². The third kappa shape index (κ3) is 3.50. The van der Waals surface area contributed by atoms with Crippen LogP contribution in [0.15, 0.2) is 84.9 Å². The van der Waals surface area contributed by atoms with Crippen molar-refractivity contribution in [2.24, 2.45) is 0 Å². The summed E-state index contributed by atoms with van der Waals surface area (Å²) in [5.41, 5.74) is 4.47. The van der Waals surface area contributed by atoms with E-state index in [1.54, 1.807) is 0 Å². The molecular weight excluding hydrogens is 268 g/mol. The molecule has 0 bridgehead atoms. The van der Waals surface area contributed by atoms with E-state index >= 15 is 0 Å². The summed E-state index contributed by atoms with van der Waals surface area (Å²) in [6.07, 6.45) is 0.962. The Hall–Kier alpha value is -2.67. The summed E-state index contributed by atoms with van der Waals surface area (Å²) in [6, 6.07) is 28.3. The molecule has 0 aliphatic carbocycles. The van der Waals surface area contributed by atoms with Gasteiger partial charge in [0.1, 0.15) is 5.78 Å². The van der Waals surface area contributed by atoms with Gasteiger partial charge >= 0.3 is 0 Å². The van der Waals surface area contributed by atoms with Crippen molar-refractivity contribution in [3.8, 4) is 11.1 Å². The van der Waals surface area contributed by atoms with Gasteiger partial charge in [0.2, 0.25) is 0 Å². The normalized spacial score (nSPS) is 10.4. The average Bonchev–Trinajstić information content (AvgIpc) is 2.57. The minimum atomic E-state index is 0.245. The molecule has 0 aliphatic rings. The Balaban J connectivity index is 1.80. The monoisotopic (exact) mass is 286 g/mol. The molecule has 0 heterocycles. The first-order chi connectivity index (χ1) is 10.8. The molecule has 0 amide bonds. The van der Waals surface area contributed by atoms with Crippen LogP contribution in [0, 0.1) is 0 Å². The third-order valence-electron chi connectivity index (χ3n) is 3.73. The van der Waals surface area contributed by atoms with Crippen LogP contribution in [-0.4, -0.2) is 5.78 Å². The van der Waals surface area contributed by atoms with E-state index in [4.69, 9.17) is 0 Å². The zero-order valence-electron chi connectivity index (χ0n) is 12.4. The second-order valence-electron chi connectivity index (χ2n) is 5.40. The maximum absolute atomic E-state index is 12.4. The van der Waals surface area contributed by atoms with E-state index in [0.717, 1.165) is 22.3 Å². The Morgan fingerprint density at radius 1 is 0.636 bits per heavy atom. The first kappa shape index (κ1) is 14.3. The molecular formula is C21H18O. The van der Waals surface area contributed by atoms with Gasteiger partial charge in [-0.2, -0.15) is 0 Å². The van der Waals surface area contributed by atoms with E-state index in [9.17, 15) is 4.79 Å². The second-order valence-corrected chi connectivity index (χ2v) is 5.40. The number of hydrogen-bond acceptors (Lipinski definition) is 1. The van der Waals surface area contributed by atoms with E-state index in [1.165, 1.54) is 0 Å². The van der Waals surface area contributed by atoms with Gasteiger partial charge in [-0.25, -0.2) is 0 Å². The lowest BCUT2D eigenvalue weighted by molar-refractivity contribution is -0.117. The van der Waals surface area contributed by atoms with Gasteiger partial charge in [0.05, 0.1) is 0 Å². The number of carbonyl (C=O) groups excluding carboxylic acids is 1. The van der Waals surface area contributed by atoms with Gasteiger partial charge < -0.3 is 0 Å². The van der Waals surface area contributed by atoms with Crippen LogP contribution in [0.25, 0.3) is 11.1 Å². The van der Waals surface area contributed by atoms with Crippen molar-refractivity contribution in [1.29, 1.82) is 0 Å². The minimum Gasteiger partial charge on any atom is -0.299 e. The maximum Gasteiger partial charge on any atom is 0.141 e. The van der Waals surface area contributed by atoms with Crippen molar-refractivity contribution < 1.29 is 4.79 Å². The first-order valence-electron chi connectivity index (χ1n) is 7.52. The molecule has 0 radical (unpaired) electrons. The molecule has 1 nitrogen and oxygen atoms in total. The number of hydrogen-bond donors (Lipinski definition) is 0. The molecule has 3 aromatic carbocycles. The molecule has 3 aromatic rings. The standard InChI is InChI=1S/C21H18O/c22-20(15-17-9-3-1-4-10-17)16-19-13-7-8-14-21(19)18-11-5-2-6-12-18/h1-14H,15-16H2. The van der Waals surface area contributed by atoms with Crippen molar-refractivity contribution in [3.63, 3.8) is 0 Å². The quantitative estimate of drug-likeness (QED) is 0.664. The average molecular weight is 286 g/mol. The number of carbonyl (C=O) groups is 1. The molecule has 108 valence electrons. The molecule has 0 saturated carbocycles. The molecule has 0 aromatic heterocycles. The molecule has 3 rings (SSSR count). The number of ketones is 1. The summed E-state index contributed by atoms with van der Waals surface area (Å²) in [4.78, 5) is 12.4. The van der Waals surface area contributed by atoms with Crippen molar-refractivity contribution >= 4 is 5.78 Å². The lowest BCUT2D eigenvalue weighted by Gasteiger charge is -2.09. The summed E-state index contributed by atoms with van der Waals surface area (Å²) in [6.45, 7) is 0. The zero-order valence-corrected chi connectivity index (χ0v) is 12.4. The summed E-state index contributed by atoms with van der Waals surface area (Å²) in [5, 5.41) is 0. The van der Waals surface area contributed by atoms with Crippen LogP contribution in [-0.2, 0) is 17.6 Å². The summed E-state index contributed by atoms with van der Waals surface area (Å²) in [7, 11) is 0. The van der Waals surface area contributed by atoms with E-state index in [1.807, 2.05) is 66.7 Å². The topological polar surface area (TPSA) is 17.1 Å². The first-order valence-corrected chi connectivity index (χ1v) is 7.52. The van der Waals surface area contributed by atoms with Gasteiger partial charge in [0.25, 0.3) is 0 Å². The highest BCUT2D eigenvalue weighted by Crippen LogP contribution is 2.24. The van der Waals surface area contributed by atoms with Gasteiger partial charge in [-0.1, -0.05) is 84.9 Å². The highest BCUT2D eigenvalue weighted by atomic mass is 16.1. The van der Waals surface area contributed by atoms with E-state index < -0.39 is 0 Å². The third-order valence-corrected chi connectivity index (χ3v) is 3.73. The van der Waals surface area contributed by atoms with Crippen LogP contribution in [0.4, 0.5) is 0 Å². The Labute approximate surface area is 131 Å². The predicted octanol–water partition coefficient (Wildman–Crippen LogP) is 4.71. The molecule has 22 heavy (non-hydrogen) atoms. The van der Waals surface area contributed by atoms with Crippen molar-refractivity contribution in [2.45, 2.75) is 12.8 Å². The van der Waals surface area contributed by atoms with E-state index in [0.29, 0.717) is 12.8 Å². The fourth-order valence-electron chi connectivity index (χ4n) is 2.67. The SMILES string of the molecule is O=C(Cc1ccccc1)Cc1ccccc1-c1ccccc1. The molecule has 0 unspecified atom stereocenters. The van der Waals surface area contributed by atoms with Crippen molar-refractivity contribution in [3.05, 3.63) is 96.1 Å². The van der Waals surface area contributed by atoms with Crippen molar-refractivity contribution in [1.82, 2.24) is 0 Å². The molecule has 0 spiro atoms. The van der Waals surface area contributed by atoms with Crippen LogP contribution in [0.2, 0.25) is 0 Å². The molecule has 1 heteroatoms. The Morgan fingerprint density at radius 3 is 1.95 bits per heavy atom. The molecule has 0 saturated heterocycles. The summed E-state index contributed by atoms with van der Waals surface area (Å²) < 4.78 is 0. The molecule has 0 aliphatic heterocycles. The zero-order chi connectivity index (χ0) is 15.2. The fraction of sp³-hybridized carbons (Fsp3) is 0.0952. The van der Waals surface area contributed by atoms with Gasteiger partial charge in [-0.05, 0) is 22.3 Å². The Morgan fingerprint density at radius 2 is 1.23 bits per heavy atom. The van der Waals surface area contributed by atoms with Crippen LogP contribution >= 0.6 is 0 Å². The van der Waals surface area contributed by atoms with E-state index in [-0.39, 0.29) is 5.78 Å². The summed E-state index contributed by atoms with van der Waals surface area (Å²) >= 11 is 0. The molecule has 0 fully saturated rings. The number of benzene rings is 3. The van der Waals surface area contributed by atoms with Crippen LogP contribution in [0.3, 0.4) is 0 Å². The fourth-order valence-corrected chi connectivity index (χ4v) is 2.67. The van der Waals surface area contributed by atoms with Crippen LogP contribution < -0.4 is 0 Å². The lowest BCUT2D eigenvalue weighted by Crippen LogP contribution is -2.07. The minimum absolute atomic E-state index is 0.245. The summed E-state index contributed by atoms with van der Waals surface area (Å²) in [5.74, 6) is 0.245. The molecule has 0 N–H and O–H groups in total. The van der Waals surface area contributed by atoms with E-state index in [2.05, 4.69) is 18.2 Å². The Bertz CT molecular complexity index is 745. The van der Waals surface area contributed by atoms with Crippen LogP contribution in [0.5, 0.6) is 0 Å². The lowest BCUT2D eigenvalue weighted by atomic mass is 9.95. The largest absolute Gasteiger partial charge is 0.299 e. The Kier molecular flexibility index (Phi) is 4.45. The number of Topliss-reactive ketones (excluding diaryl/α,β-unsaturated/α-hetero) is 1. The maximum atomic E-state index is 12.4. The second kappa shape index (κ2) is 6.86.